The van der Waals surface area contributed by atoms with Crippen LogP contribution in [0.15, 0.2) is 24.3 Å². The van der Waals surface area contributed by atoms with E-state index in [-0.39, 0.29) is 16.9 Å². The molecule has 1 aromatic rings. The van der Waals surface area contributed by atoms with Crippen LogP contribution in [0.2, 0.25) is 0 Å². The SMILES string of the molecule is CC1(C)c2ccccc2N2CCC(C#N)C21C. The highest BCUT2D eigenvalue weighted by atomic mass is 15.3. The quantitative estimate of drug-likeness (QED) is 0.679. The molecular formula is C15H18N2. The smallest absolute Gasteiger partial charge is 0.0718 e. The molecule has 0 saturated carbocycles. The monoisotopic (exact) mass is 226 g/mol. The summed E-state index contributed by atoms with van der Waals surface area (Å²) in [5.74, 6) is 0.130. The third-order valence-electron chi connectivity index (χ3n) is 5.17. The first-order valence-corrected chi connectivity index (χ1v) is 6.30. The van der Waals surface area contributed by atoms with Crippen LogP contribution in [-0.4, -0.2) is 12.1 Å². The summed E-state index contributed by atoms with van der Waals surface area (Å²) in [6.45, 7) is 7.83. The van der Waals surface area contributed by atoms with Crippen LogP contribution in [0.1, 0.15) is 32.8 Å². The van der Waals surface area contributed by atoms with Gasteiger partial charge in [-0.25, -0.2) is 0 Å². The third kappa shape index (κ3) is 1.01. The summed E-state index contributed by atoms with van der Waals surface area (Å²) in [5, 5.41) is 9.41. The zero-order valence-corrected chi connectivity index (χ0v) is 10.7. The van der Waals surface area contributed by atoms with Gasteiger partial charge in [-0.3, -0.25) is 0 Å². The molecule has 0 aromatic heterocycles. The van der Waals surface area contributed by atoms with Crippen LogP contribution >= 0.6 is 0 Å². The average Bonchev–Trinajstić information content (AvgIpc) is 2.74. The fourth-order valence-electron chi connectivity index (χ4n) is 3.80. The Morgan fingerprint density at radius 1 is 1.29 bits per heavy atom. The van der Waals surface area contributed by atoms with Crippen molar-refractivity contribution in [1.82, 2.24) is 0 Å². The Morgan fingerprint density at radius 3 is 2.71 bits per heavy atom. The van der Waals surface area contributed by atoms with E-state index in [2.05, 4.69) is 56.0 Å². The van der Waals surface area contributed by atoms with Crippen molar-refractivity contribution in [3.05, 3.63) is 29.8 Å². The number of nitriles is 1. The Labute approximate surface area is 103 Å². The number of anilines is 1. The molecule has 0 aliphatic carbocycles. The Kier molecular flexibility index (Phi) is 1.91. The van der Waals surface area contributed by atoms with Crippen molar-refractivity contribution in [2.24, 2.45) is 5.92 Å². The summed E-state index contributed by atoms with van der Waals surface area (Å²) in [6.07, 6.45) is 0.991. The van der Waals surface area contributed by atoms with E-state index in [9.17, 15) is 5.26 Å². The van der Waals surface area contributed by atoms with Crippen LogP contribution in [0.5, 0.6) is 0 Å². The van der Waals surface area contributed by atoms with Gasteiger partial charge in [-0.2, -0.15) is 5.26 Å². The Balaban J connectivity index is 2.25. The third-order valence-corrected chi connectivity index (χ3v) is 5.17. The zero-order chi connectivity index (χ0) is 12.3. The van der Waals surface area contributed by atoms with Crippen LogP contribution in [0.3, 0.4) is 0 Å². The number of rotatable bonds is 0. The Morgan fingerprint density at radius 2 is 2.00 bits per heavy atom. The zero-order valence-electron chi connectivity index (χ0n) is 10.7. The van der Waals surface area contributed by atoms with Crippen molar-refractivity contribution in [2.75, 3.05) is 11.4 Å². The highest BCUT2D eigenvalue weighted by Gasteiger charge is 2.60. The number of benzene rings is 1. The molecule has 1 aromatic carbocycles. The van der Waals surface area contributed by atoms with Crippen molar-refractivity contribution in [2.45, 2.75) is 38.1 Å². The minimum Gasteiger partial charge on any atom is -0.364 e. The number of nitrogens with zero attached hydrogens (tertiary/aromatic N) is 2. The highest BCUT2D eigenvalue weighted by Crippen LogP contribution is 2.57. The number of hydrogen-bond acceptors (Lipinski definition) is 2. The van der Waals surface area contributed by atoms with Gasteiger partial charge in [-0.1, -0.05) is 32.0 Å². The van der Waals surface area contributed by atoms with Gasteiger partial charge >= 0.3 is 0 Å². The molecule has 0 amide bonds. The van der Waals surface area contributed by atoms with Gasteiger partial charge in [0.15, 0.2) is 0 Å². The highest BCUT2D eigenvalue weighted by molar-refractivity contribution is 5.68. The molecule has 2 heterocycles. The number of fused-ring (bicyclic) bond motifs is 3. The predicted molar refractivity (Wildman–Crippen MR) is 68.9 cm³/mol. The van der Waals surface area contributed by atoms with Crippen molar-refractivity contribution in [3.63, 3.8) is 0 Å². The second kappa shape index (κ2) is 3.04. The van der Waals surface area contributed by atoms with Crippen LogP contribution < -0.4 is 4.90 Å². The minimum atomic E-state index is -0.0502. The van der Waals surface area contributed by atoms with Crippen LogP contribution in [0.4, 0.5) is 5.69 Å². The normalized spacial score (nSPS) is 33.1. The van der Waals surface area contributed by atoms with Crippen molar-refractivity contribution in [3.8, 4) is 6.07 Å². The lowest BCUT2D eigenvalue weighted by molar-refractivity contribution is 0.264. The van der Waals surface area contributed by atoms with E-state index in [1.807, 2.05) is 0 Å². The van der Waals surface area contributed by atoms with E-state index in [1.54, 1.807) is 0 Å². The van der Waals surface area contributed by atoms with Gasteiger partial charge in [0.25, 0.3) is 0 Å². The van der Waals surface area contributed by atoms with Crippen LogP contribution in [0, 0.1) is 17.2 Å². The molecule has 2 atom stereocenters. The van der Waals surface area contributed by atoms with Gasteiger partial charge in [0.05, 0.1) is 17.5 Å². The van der Waals surface area contributed by atoms with Gasteiger partial charge in [-0.05, 0) is 25.0 Å². The molecular weight excluding hydrogens is 208 g/mol. The summed E-state index contributed by atoms with van der Waals surface area (Å²) in [7, 11) is 0. The first kappa shape index (κ1) is 10.7. The second-order valence-electron chi connectivity index (χ2n) is 5.91. The lowest BCUT2D eigenvalue weighted by Gasteiger charge is -2.42. The molecule has 3 rings (SSSR count). The molecule has 0 N–H and O–H groups in total. The lowest BCUT2D eigenvalue weighted by Crippen LogP contribution is -2.53. The van der Waals surface area contributed by atoms with Gasteiger partial charge in [0.1, 0.15) is 0 Å². The molecule has 0 bridgehead atoms. The van der Waals surface area contributed by atoms with Crippen LogP contribution in [-0.2, 0) is 5.41 Å². The molecule has 88 valence electrons. The first-order chi connectivity index (χ1) is 8.03. The van der Waals surface area contributed by atoms with E-state index < -0.39 is 0 Å². The van der Waals surface area contributed by atoms with E-state index in [0.717, 1.165) is 13.0 Å². The second-order valence-corrected chi connectivity index (χ2v) is 5.91. The fraction of sp³-hybridized carbons (Fsp3) is 0.533. The molecule has 0 radical (unpaired) electrons. The van der Waals surface area contributed by atoms with E-state index >= 15 is 0 Å². The maximum atomic E-state index is 9.41. The summed E-state index contributed by atoms with van der Waals surface area (Å²) in [6, 6.07) is 11.1. The van der Waals surface area contributed by atoms with E-state index in [4.69, 9.17) is 0 Å². The van der Waals surface area contributed by atoms with Crippen molar-refractivity contribution in [1.29, 1.82) is 5.26 Å². The maximum Gasteiger partial charge on any atom is 0.0718 e. The number of para-hydroxylation sites is 1. The minimum absolute atomic E-state index is 0.0422. The lowest BCUT2D eigenvalue weighted by atomic mass is 9.66. The molecule has 1 saturated heterocycles. The molecule has 2 nitrogen and oxygen atoms in total. The topological polar surface area (TPSA) is 27.0 Å². The summed E-state index contributed by atoms with van der Waals surface area (Å²) >= 11 is 0. The fourth-order valence-corrected chi connectivity index (χ4v) is 3.80. The molecule has 2 aliphatic rings. The standard InChI is InChI=1S/C15H18N2/c1-14(2)12-6-4-5-7-13(12)17-9-8-11(10-16)15(14,17)3/h4-7,11H,8-9H2,1-3H3. The summed E-state index contributed by atoms with van der Waals surface area (Å²) < 4.78 is 0. The predicted octanol–water partition coefficient (Wildman–Crippen LogP) is 3.09. The van der Waals surface area contributed by atoms with Crippen molar-refractivity contribution < 1.29 is 0 Å². The van der Waals surface area contributed by atoms with Gasteiger partial charge < -0.3 is 4.90 Å². The van der Waals surface area contributed by atoms with Gasteiger partial charge in [-0.15, -0.1) is 0 Å². The van der Waals surface area contributed by atoms with E-state index in [0.29, 0.717) is 0 Å². The van der Waals surface area contributed by atoms with Gasteiger partial charge in [0, 0.05) is 17.6 Å². The molecule has 2 unspecified atom stereocenters. The average molecular weight is 226 g/mol. The summed E-state index contributed by atoms with van der Waals surface area (Å²) in [5.41, 5.74) is 2.71. The van der Waals surface area contributed by atoms with Gasteiger partial charge in [0.2, 0.25) is 0 Å². The van der Waals surface area contributed by atoms with Crippen molar-refractivity contribution >= 4 is 5.69 Å². The van der Waals surface area contributed by atoms with Crippen LogP contribution in [0.25, 0.3) is 0 Å². The molecule has 2 aliphatic heterocycles. The maximum absolute atomic E-state index is 9.41. The van der Waals surface area contributed by atoms with E-state index in [1.165, 1.54) is 11.3 Å². The largest absolute Gasteiger partial charge is 0.364 e. The molecule has 1 fully saturated rings. The number of hydrogen-bond donors (Lipinski definition) is 0. The molecule has 17 heavy (non-hydrogen) atoms. The Hall–Kier alpha value is -1.49. The Bertz CT molecular complexity index is 512. The summed E-state index contributed by atoms with van der Waals surface area (Å²) in [4.78, 5) is 2.45. The first-order valence-electron chi connectivity index (χ1n) is 6.30. The molecule has 0 spiro atoms. The molecule has 2 heteroatoms.